The largest absolute Gasteiger partial charge is 0.478 e. The Labute approximate surface area is 101 Å². The lowest BCUT2D eigenvalue weighted by molar-refractivity contribution is -0.389. The van der Waals surface area contributed by atoms with Gasteiger partial charge in [0.1, 0.15) is 0 Å². The molecule has 2 rings (SSSR count). The summed E-state index contributed by atoms with van der Waals surface area (Å²) in [5, 5.41) is 23.1. The van der Waals surface area contributed by atoms with Crippen molar-refractivity contribution in [3.63, 3.8) is 0 Å². The van der Waals surface area contributed by atoms with Gasteiger partial charge >= 0.3 is 11.8 Å². The minimum absolute atomic E-state index is 0.165. The second kappa shape index (κ2) is 4.28. The van der Waals surface area contributed by atoms with E-state index in [1.165, 1.54) is 29.1 Å². The molecule has 0 spiro atoms. The Morgan fingerprint density at radius 2 is 2.17 bits per heavy atom. The standard InChI is InChI=1S/C11H9N3O4/c1-7-6-8(11(15)16)2-3-9(7)13-5-4-10(12-13)14(17)18/h2-6H,1H3,(H,15,16). The third-order valence-corrected chi connectivity index (χ3v) is 2.45. The summed E-state index contributed by atoms with van der Waals surface area (Å²) in [7, 11) is 0. The molecule has 0 radical (unpaired) electrons. The van der Waals surface area contributed by atoms with E-state index in [0.29, 0.717) is 11.3 Å². The van der Waals surface area contributed by atoms with Crippen molar-refractivity contribution in [1.29, 1.82) is 0 Å². The average molecular weight is 247 g/mol. The van der Waals surface area contributed by atoms with E-state index in [1.54, 1.807) is 13.0 Å². The van der Waals surface area contributed by atoms with Gasteiger partial charge in [-0.15, -0.1) is 4.68 Å². The zero-order valence-electron chi connectivity index (χ0n) is 9.40. The fourth-order valence-corrected chi connectivity index (χ4v) is 1.59. The number of carboxylic acid groups (broad SMARTS) is 1. The van der Waals surface area contributed by atoms with Gasteiger partial charge in [0.2, 0.25) is 0 Å². The molecule has 0 amide bonds. The van der Waals surface area contributed by atoms with Gasteiger partial charge in [0, 0.05) is 0 Å². The highest BCUT2D eigenvalue weighted by Gasteiger charge is 2.14. The summed E-state index contributed by atoms with van der Waals surface area (Å²) in [6.45, 7) is 1.72. The maximum Gasteiger partial charge on any atom is 0.390 e. The summed E-state index contributed by atoms with van der Waals surface area (Å²) < 4.78 is 1.35. The summed E-state index contributed by atoms with van der Waals surface area (Å²) in [5.41, 5.74) is 1.44. The van der Waals surface area contributed by atoms with Crippen LogP contribution in [0.4, 0.5) is 5.82 Å². The Kier molecular flexibility index (Phi) is 2.80. The Balaban J connectivity index is 2.44. The van der Waals surface area contributed by atoms with Crippen molar-refractivity contribution in [3.8, 4) is 5.69 Å². The number of nitrogens with zero attached hydrogens (tertiary/aromatic N) is 3. The van der Waals surface area contributed by atoms with Crippen molar-refractivity contribution >= 4 is 11.8 Å². The number of carbonyl (C=O) groups is 1. The topological polar surface area (TPSA) is 98.3 Å². The molecular formula is C11H9N3O4. The van der Waals surface area contributed by atoms with E-state index < -0.39 is 10.9 Å². The molecule has 0 aliphatic heterocycles. The molecule has 0 bridgehead atoms. The number of aryl methyl sites for hydroxylation is 1. The van der Waals surface area contributed by atoms with Crippen LogP contribution in [0.25, 0.3) is 5.69 Å². The first-order valence-corrected chi connectivity index (χ1v) is 5.03. The third-order valence-electron chi connectivity index (χ3n) is 2.45. The van der Waals surface area contributed by atoms with Crippen LogP contribution in [0.3, 0.4) is 0 Å². The molecule has 7 heteroatoms. The quantitative estimate of drug-likeness (QED) is 0.658. The van der Waals surface area contributed by atoms with Gasteiger partial charge in [-0.25, -0.2) is 4.79 Å². The highest BCUT2D eigenvalue weighted by molar-refractivity contribution is 5.88. The number of rotatable bonds is 3. The highest BCUT2D eigenvalue weighted by atomic mass is 16.6. The zero-order chi connectivity index (χ0) is 13.3. The molecule has 18 heavy (non-hydrogen) atoms. The van der Waals surface area contributed by atoms with Crippen LogP contribution in [-0.2, 0) is 0 Å². The van der Waals surface area contributed by atoms with Crippen molar-refractivity contribution < 1.29 is 14.8 Å². The molecule has 0 saturated heterocycles. The van der Waals surface area contributed by atoms with E-state index in [9.17, 15) is 14.9 Å². The first kappa shape index (κ1) is 11.8. The van der Waals surface area contributed by atoms with Crippen LogP contribution < -0.4 is 0 Å². The van der Waals surface area contributed by atoms with Crippen molar-refractivity contribution in [2.24, 2.45) is 0 Å². The summed E-state index contributed by atoms with van der Waals surface area (Å²) in [5.74, 6) is -1.27. The van der Waals surface area contributed by atoms with Crippen LogP contribution in [0, 0.1) is 17.0 Å². The molecule has 0 aliphatic carbocycles. The lowest BCUT2D eigenvalue weighted by Crippen LogP contribution is -2.02. The maximum absolute atomic E-state index is 10.8. The molecule has 1 aromatic carbocycles. The van der Waals surface area contributed by atoms with Crippen molar-refractivity contribution in [3.05, 3.63) is 51.7 Å². The van der Waals surface area contributed by atoms with E-state index >= 15 is 0 Å². The van der Waals surface area contributed by atoms with Gasteiger partial charge in [-0.1, -0.05) is 0 Å². The second-order valence-electron chi connectivity index (χ2n) is 3.68. The fraction of sp³-hybridized carbons (Fsp3) is 0.0909. The molecule has 0 aliphatic rings. The van der Waals surface area contributed by atoms with Crippen LogP contribution in [0.2, 0.25) is 0 Å². The number of hydrogen-bond donors (Lipinski definition) is 1. The van der Waals surface area contributed by atoms with Crippen molar-refractivity contribution in [2.75, 3.05) is 0 Å². The van der Waals surface area contributed by atoms with Gasteiger partial charge in [0.05, 0.1) is 28.6 Å². The first-order valence-electron chi connectivity index (χ1n) is 5.03. The van der Waals surface area contributed by atoms with Crippen LogP contribution in [-0.4, -0.2) is 25.8 Å². The lowest BCUT2D eigenvalue weighted by atomic mass is 10.1. The molecule has 2 aromatic rings. The van der Waals surface area contributed by atoms with Crippen molar-refractivity contribution in [2.45, 2.75) is 6.92 Å². The van der Waals surface area contributed by atoms with Crippen LogP contribution >= 0.6 is 0 Å². The van der Waals surface area contributed by atoms with E-state index in [-0.39, 0.29) is 11.4 Å². The molecule has 1 aromatic heterocycles. The van der Waals surface area contributed by atoms with Gasteiger partial charge in [0.15, 0.2) is 0 Å². The minimum atomic E-state index is -1.02. The predicted octanol–water partition coefficient (Wildman–Crippen LogP) is 1.79. The summed E-state index contributed by atoms with van der Waals surface area (Å²) >= 11 is 0. The highest BCUT2D eigenvalue weighted by Crippen LogP contribution is 2.17. The molecule has 0 unspecified atom stereocenters. The van der Waals surface area contributed by atoms with Gasteiger partial charge in [0.25, 0.3) is 0 Å². The second-order valence-corrected chi connectivity index (χ2v) is 3.68. The molecule has 92 valence electrons. The molecule has 0 fully saturated rings. The molecular weight excluding hydrogens is 238 g/mol. The van der Waals surface area contributed by atoms with Crippen LogP contribution in [0.15, 0.2) is 30.5 Å². The Hall–Kier alpha value is -2.70. The number of benzene rings is 1. The lowest BCUT2D eigenvalue weighted by Gasteiger charge is -2.03. The Morgan fingerprint density at radius 3 is 2.67 bits per heavy atom. The number of nitro groups is 1. The maximum atomic E-state index is 10.8. The van der Waals surface area contributed by atoms with Gasteiger partial charge in [-0.05, 0) is 35.6 Å². The number of aromatic carboxylic acids is 1. The van der Waals surface area contributed by atoms with Crippen LogP contribution in [0.1, 0.15) is 15.9 Å². The van der Waals surface area contributed by atoms with Gasteiger partial charge in [-0.3, -0.25) is 0 Å². The normalized spacial score (nSPS) is 10.3. The Bertz CT molecular complexity index is 633. The molecule has 1 heterocycles. The summed E-state index contributed by atoms with van der Waals surface area (Å²) in [4.78, 5) is 20.7. The van der Waals surface area contributed by atoms with Crippen molar-refractivity contribution in [1.82, 2.24) is 9.78 Å². The molecule has 0 atom stereocenters. The number of carboxylic acids is 1. The fourth-order valence-electron chi connectivity index (χ4n) is 1.59. The smallest absolute Gasteiger partial charge is 0.390 e. The van der Waals surface area contributed by atoms with Gasteiger partial charge in [-0.2, -0.15) is 0 Å². The van der Waals surface area contributed by atoms with Crippen LogP contribution in [0.5, 0.6) is 0 Å². The number of hydrogen-bond acceptors (Lipinski definition) is 4. The zero-order valence-corrected chi connectivity index (χ0v) is 9.40. The number of aromatic nitrogens is 2. The SMILES string of the molecule is Cc1cc(C(=O)O)ccc1-n1ccc([N+](=O)[O-])n1. The van der Waals surface area contributed by atoms with E-state index in [4.69, 9.17) is 5.11 Å². The summed E-state index contributed by atoms with van der Waals surface area (Å²) in [6.07, 6.45) is 1.46. The van der Waals surface area contributed by atoms with Gasteiger partial charge < -0.3 is 15.2 Å². The van der Waals surface area contributed by atoms with E-state index in [2.05, 4.69) is 5.10 Å². The first-order chi connectivity index (χ1) is 8.49. The monoisotopic (exact) mass is 247 g/mol. The average Bonchev–Trinajstić information content (AvgIpc) is 2.78. The molecule has 7 nitrogen and oxygen atoms in total. The third kappa shape index (κ3) is 2.05. The predicted molar refractivity (Wildman–Crippen MR) is 61.9 cm³/mol. The Morgan fingerprint density at radius 1 is 1.44 bits per heavy atom. The van der Waals surface area contributed by atoms with E-state index in [0.717, 1.165) is 0 Å². The van der Waals surface area contributed by atoms with E-state index in [1.807, 2.05) is 0 Å². The molecule has 1 N–H and O–H groups in total. The minimum Gasteiger partial charge on any atom is -0.478 e. The summed E-state index contributed by atoms with van der Waals surface area (Å²) in [6, 6.07) is 5.77. The molecule has 0 saturated carbocycles.